The van der Waals surface area contributed by atoms with Gasteiger partial charge in [0.1, 0.15) is 5.76 Å². The van der Waals surface area contributed by atoms with Gasteiger partial charge >= 0.3 is 6.03 Å². The van der Waals surface area contributed by atoms with Crippen LogP contribution in [0.25, 0.3) is 0 Å². The highest BCUT2D eigenvalue weighted by Gasteiger charge is 2.14. The quantitative estimate of drug-likeness (QED) is 0.791. The summed E-state index contributed by atoms with van der Waals surface area (Å²) in [6, 6.07) is 1.40. The van der Waals surface area contributed by atoms with E-state index in [1.54, 1.807) is 32.1 Å². The molecule has 1 heterocycles. The molecule has 0 spiro atoms. The average Bonchev–Trinajstić information content (AvgIpc) is 2.75. The van der Waals surface area contributed by atoms with Crippen LogP contribution in [0.3, 0.4) is 0 Å². The smallest absolute Gasteiger partial charge is 0.323 e. The third-order valence-electron chi connectivity index (χ3n) is 2.28. The minimum atomic E-state index is -0.252. The topological polar surface area (TPSA) is 76.8 Å². The Balaban J connectivity index is 2.51. The van der Waals surface area contributed by atoms with Gasteiger partial charge in [0.05, 0.1) is 13.2 Å². The van der Waals surface area contributed by atoms with Gasteiger partial charge in [-0.25, -0.2) is 4.79 Å². The van der Waals surface area contributed by atoms with Crippen LogP contribution in [0.4, 0.5) is 10.6 Å². The molecule has 18 heavy (non-hydrogen) atoms. The summed E-state index contributed by atoms with van der Waals surface area (Å²) in [5.41, 5.74) is 0. The first-order valence-electron chi connectivity index (χ1n) is 5.64. The molecule has 7 nitrogen and oxygen atoms in total. The van der Waals surface area contributed by atoms with Crippen LogP contribution in [0.15, 0.2) is 10.6 Å². The molecule has 1 rings (SSSR count). The van der Waals surface area contributed by atoms with Crippen LogP contribution >= 0.6 is 0 Å². The number of rotatable bonds is 7. The maximum atomic E-state index is 12.0. The van der Waals surface area contributed by atoms with Gasteiger partial charge in [0.2, 0.25) is 0 Å². The van der Waals surface area contributed by atoms with E-state index in [4.69, 9.17) is 14.0 Å². The standard InChI is InChI=1S/C11H19N3O4/c1-9-8-10(13-18-9)12-11(15)14(4-6-16-2)5-7-17-3/h8H,4-7H2,1-3H3,(H,12,13,15). The van der Waals surface area contributed by atoms with Gasteiger partial charge in [-0.1, -0.05) is 5.16 Å². The Morgan fingerprint density at radius 3 is 2.44 bits per heavy atom. The summed E-state index contributed by atoms with van der Waals surface area (Å²) >= 11 is 0. The summed E-state index contributed by atoms with van der Waals surface area (Å²) in [6.07, 6.45) is 0. The lowest BCUT2D eigenvalue weighted by Crippen LogP contribution is -2.39. The van der Waals surface area contributed by atoms with Crippen LogP contribution in [-0.2, 0) is 9.47 Å². The molecule has 0 fully saturated rings. The van der Waals surface area contributed by atoms with Crippen molar-refractivity contribution in [1.82, 2.24) is 10.1 Å². The Labute approximate surface area is 106 Å². The Bertz CT molecular complexity index is 359. The van der Waals surface area contributed by atoms with Crippen LogP contribution in [0.5, 0.6) is 0 Å². The lowest BCUT2D eigenvalue weighted by Gasteiger charge is -2.21. The first-order valence-corrected chi connectivity index (χ1v) is 5.64. The molecule has 102 valence electrons. The summed E-state index contributed by atoms with van der Waals surface area (Å²) in [5.74, 6) is 1.04. The Morgan fingerprint density at radius 1 is 1.39 bits per heavy atom. The van der Waals surface area contributed by atoms with Crippen molar-refractivity contribution in [2.24, 2.45) is 0 Å². The highest BCUT2D eigenvalue weighted by molar-refractivity contribution is 5.88. The number of hydrogen-bond donors (Lipinski definition) is 1. The molecule has 0 aromatic carbocycles. The molecule has 1 N–H and O–H groups in total. The zero-order chi connectivity index (χ0) is 13.4. The third-order valence-corrected chi connectivity index (χ3v) is 2.28. The number of methoxy groups -OCH3 is 2. The van der Waals surface area contributed by atoms with Gasteiger partial charge < -0.3 is 18.9 Å². The monoisotopic (exact) mass is 257 g/mol. The average molecular weight is 257 g/mol. The fourth-order valence-electron chi connectivity index (χ4n) is 1.33. The largest absolute Gasteiger partial charge is 0.383 e. The first-order chi connectivity index (χ1) is 8.67. The van der Waals surface area contributed by atoms with E-state index in [1.807, 2.05) is 0 Å². The van der Waals surface area contributed by atoms with Gasteiger partial charge in [0.15, 0.2) is 5.82 Å². The molecule has 0 saturated heterocycles. The van der Waals surface area contributed by atoms with Crippen molar-refractivity contribution < 1.29 is 18.8 Å². The Kier molecular flexibility index (Phi) is 6.16. The minimum absolute atomic E-state index is 0.252. The zero-order valence-corrected chi connectivity index (χ0v) is 10.9. The molecule has 7 heteroatoms. The zero-order valence-electron chi connectivity index (χ0n) is 10.9. The first kappa shape index (κ1) is 14.5. The molecule has 1 aromatic heterocycles. The molecule has 0 aliphatic rings. The number of anilines is 1. The van der Waals surface area contributed by atoms with Gasteiger partial charge in [-0.3, -0.25) is 5.32 Å². The molecule has 0 radical (unpaired) electrons. The van der Waals surface area contributed by atoms with Gasteiger partial charge in [0, 0.05) is 33.4 Å². The third kappa shape index (κ3) is 4.72. The highest BCUT2D eigenvalue weighted by Crippen LogP contribution is 2.08. The summed E-state index contributed by atoms with van der Waals surface area (Å²) in [4.78, 5) is 13.5. The van der Waals surface area contributed by atoms with Crippen molar-refractivity contribution in [2.45, 2.75) is 6.92 Å². The van der Waals surface area contributed by atoms with Crippen LogP contribution in [0.1, 0.15) is 5.76 Å². The second kappa shape index (κ2) is 7.67. The van der Waals surface area contributed by atoms with Crippen molar-refractivity contribution in [3.63, 3.8) is 0 Å². The summed E-state index contributed by atoms with van der Waals surface area (Å²) in [6.45, 7) is 3.67. The summed E-state index contributed by atoms with van der Waals surface area (Å²) in [5, 5.41) is 6.35. The second-order valence-electron chi connectivity index (χ2n) is 3.73. The van der Waals surface area contributed by atoms with Crippen molar-refractivity contribution in [3.8, 4) is 0 Å². The molecule has 0 saturated carbocycles. The number of nitrogens with one attached hydrogen (secondary N) is 1. The van der Waals surface area contributed by atoms with E-state index in [1.165, 1.54) is 0 Å². The molecule has 0 atom stereocenters. The number of aryl methyl sites for hydroxylation is 1. The van der Waals surface area contributed by atoms with E-state index in [0.29, 0.717) is 37.9 Å². The molecule has 0 bridgehead atoms. The number of nitrogens with zero attached hydrogens (tertiary/aromatic N) is 2. The van der Waals surface area contributed by atoms with Crippen molar-refractivity contribution in [1.29, 1.82) is 0 Å². The maximum Gasteiger partial charge on any atom is 0.323 e. The molecule has 0 aliphatic heterocycles. The van der Waals surface area contributed by atoms with E-state index < -0.39 is 0 Å². The van der Waals surface area contributed by atoms with Crippen LogP contribution < -0.4 is 5.32 Å². The maximum absolute atomic E-state index is 12.0. The van der Waals surface area contributed by atoms with Crippen molar-refractivity contribution in [3.05, 3.63) is 11.8 Å². The number of hydrogen-bond acceptors (Lipinski definition) is 5. The SMILES string of the molecule is COCCN(CCOC)C(=O)Nc1cc(C)on1. The molecule has 0 unspecified atom stereocenters. The lowest BCUT2D eigenvalue weighted by molar-refractivity contribution is 0.127. The number of ether oxygens (including phenoxy) is 2. The number of carbonyl (C=O) groups excluding carboxylic acids is 1. The number of amides is 2. The highest BCUT2D eigenvalue weighted by atomic mass is 16.5. The van der Waals surface area contributed by atoms with Crippen molar-refractivity contribution in [2.75, 3.05) is 45.8 Å². The summed E-state index contributed by atoms with van der Waals surface area (Å²) in [7, 11) is 3.18. The number of urea groups is 1. The van der Waals surface area contributed by atoms with Crippen LogP contribution in [0, 0.1) is 6.92 Å². The molecule has 0 aliphatic carbocycles. The van der Waals surface area contributed by atoms with E-state index in [2.05, 4.69) is 10.5 Å². The molecule has 2 amide bonds. The van der Waals surface area contributed by atoms with E-state index >= 15 is 0 Å². The predicted molar refractivity (Wildman–Crippen MR) is 65.6 cm³/mol. The lowest BCUT2D eigenvalue weighted by atomic mass is 10.4. The molecular weight excluding hydrogens is 238 g/mol. The van der Waals surface area contributed by atoms with Crippen molar-refractivity contribution >= 4 is 11.8 Å². The van der Waals surface area contributed by atoms with Gasteiger partial charge in [-0.2, -0.15) is 0 Å². The van der Waals surface area contributed by atoms with Gasteiger partial charge in [-0.15, -0.1) is 0 Å². The molecule has 1 aromatic rings. The number of aromatic nitrogens is 1. The van der Waals surface area contributed by atoms with Crippen LogP contribution in [0.2, 0.25) is 0 Å². The normalized spacial score (nSPS) is 10.4. The Morgan fingerprint density at radius 2 is 2.00 bits per heavy atom. The van der Waals surface area contributed by atoms with E-state index in [0.717, 1.165) is 0 Å². The predicted octanol–water partition coefficient (Wildman–Crippen LogP) is 1.11. The van der Waals surface area contributed by atoms with E-state index in [-0.39, 0.29) is 6.03 Å². The van der Waals surface area contributed by atoms with Gasteiger partial charge in [0.25, 0.3) is 0 Å². The van der Waals surface area contributed by atoms with Crippen LogP contribution in [-0.4, -0.2) is 56.6 Å². The minimum Gasteiger partial charge on any atom is -0.383 e. The van der Waals surface area contributed by atoms with E-state index in [9.17, 15) is 4.79 Å². The second-order valence-corrected chi connectivity index (χ2v) is 3.73. The van der Waals surface area contributed by atoms with Gasteiger partial charge in [-0.05, 0) is 6.92 Å². The summed E-state index contributed by atoms with van der Waals surface area (Å²) < 4.78 is 14.8. The fourth-order valence-corrected chi connectivity index (χ4v) is 1.33. The fraction of sp³-hybridized carbons (Fsp3) is 0.636. The molecular formula is C11H19N3O4. The number of carbonyl (C=O) groups is 1. The Hall–Kier alpha value is -1.60.